The molecule has 2 atom stereocenters. The molecule has 1 spiro atoms. The number of nitrogens with one attached hydrogen (secondary N) is 2. The van der Waals surface area contributed by atoms with E-state index in [0.717, 1.165) is 0 Å². The second-order valence-electron chi connectivity index (χ2n) is 4.87. The van der Waals surface area contributed by atoms with Crippen molar-refractivity contribution in [2.45, 2.75) is 37.8 Å². The summed E-state index contributed by atoms with van der Waals surface area (Å²) in [5.41, 5.74) is 4.76. The number of carbonyl (C=O) groups is 3. The Morgan fingerprint density at radius 1 is 1.56 bits per heavy atom. The number of nitrogens with zero attached hydrogens (tertiary/aromatic N) is 1. The first-order valence-corrected chi connectivity index (χ1v) is 6.16. The Morgan fingerprint density at radius 3 is 2.83 bits per heavy atom. The van der Waals surface area contributed by atoms with E-state index in [1.54, 1.807) is 4.90 Å². The molecule has 7 heteroatoms. The van der Waals surface area contributed by atoms with E-state index in [2.05, 4.69) is 10.6 Å². The number of rotatable bonds is 2. The van der Waals surface area contributed by atoms with E-state index >= 15 is 0 Å². The van der Waals surface area contributed by atoms with Crippen LogP contribution in [0.4, 0.5) is 4.79 Å². The molecule has 4 N–H and O–H groups in total. The molecular formula is C11H18N4O3. The molecule has 0 saturated carbocycles. The zero-order chi connectivity index (χ0) is 13.3. The minimum atomic E-state index is -0.960. The molecule has 0 aromatic carbocycles. The molecule has 0 aromatic heterocycles. The highest BCUT2D eigenvalue weighted by Crippen LogP contribution is 2.24. The van der Waals surface area contributed by atoms with Gasteiger partial charge in [0.2, 0.25) is 5.91 Å². The predicted octanol–water partition coefficient (Wildman–Crippen LogP) is -1.08. The molecule has 1 unspecified atom stereocenters. The van der Waals surface area contributed by atoms with E-state index < -0.39 is 17.6 Å². The number of urea groups is 1. The SMILES string of the molecule is CC[C@H](N)C(=O)N1CCCC2(C1)NC(=O)NC2=O. The number of hydrogen-bond acceptors (Lipinski definition) is 4. The maximum atomic E-state index is 12.0. The first-order valence-electron chi connectivity index (χ1n) is 6.16. The zero-order valence-electron chi connectivity index (χ0n) is 10.4. The summed E-state index contributed by atoms with van der Waals surface area (Å²) >= 11 is 0. The van der Waals surface area contributed by atoms with Gasteiger partial charge in [0, 0.05) is 6.54 Å². The van der Waals surface area contributed by atoms with Gasteiger partial charge in [0.15, 0.2) is 0 Å². The van der Waals surface area contributed by atoms with Gasteiger partial charge in [-0.05, 0) is 19.3 Å². The number of amides is 4. The van der Waals surface area contributed by atoms with Gasteiger partial charge in [-0.2, -0.15) is 0 Å². The van der Waals surface area contributed by atoms with Crippen molar-refractivity contribution in [2.24, 2.45) is 5.73 Å². The molecule has 2 fully saturated rings. The van der Waals surface area contributed by atoms with Crippen molar-refractivity contribution >= 4 is 17.8 Å². The van der Waals surface area contributed by atoms with Gasteiger partial charge in [0.05, 0.1) is 12.6 Å². The molecule has 7 nitrogen and oxygen atoms in total. The lowest BCUT2D eigenvalue weighted by Gasteiger charge is -2.38. The van der Waals surface area contributed by atoms with Crippen molar-refractivity contribution in [2.75, 3.05) is 13.1 Å². The summed E-state index contributed by atoms with van der Waals surface area (Å²) in [4.78, 5) is 36.6. The van der Waals surface area contributed by atoms with Crippen LogP contribution in [-0.2, 0) is 9.59 Å². The van der Waals surface area contributed by atoms with Gasteiger partial charge in [0.25, 0.3) is 5.91 Å². The van der Waals surface area contributed by atoms with E-state index in [1.807, 2.05) is 6.92 Å². The highest BCUT2D eigenvalue weighted by Gasteiger charge is 2.49. The van der Waals surface area contributed by atoms with E-state index in [-0.39, 0.29) is 18.4 Å². The van der Waals surface area contributed by atoms with Crippen molar-refractivity contribution in [3.05, 3.63) is 0 Å². The van der Waals surface area contributed by atoms with Crippen molar-refractivity contribution in [3.63, 3.8) is 0 Å². The molecule has 4 amide bonds. The Kier molecular flexibility index (Phi) is 3.25. The molecule has 0 aromatic rings. The van der Waals surface area contributed by atoms with E-state index in [1.165, 1.54) is 0 Å². The lowest BCUT2D eigenvalue weighted by molar-refractivity contribution is -0.137. The standard InChI is InChI=1S/C11H18N4O3/c1-2-7(12)8(16)15-5-3-4-11(6-15)9(17)13-10(18)14-11/h7H,2-6,12H2,1H3,(H2,13,14,17,18)/t7-,11?/m0/s1. The lowest BCUT2D eigenvalue weighted by Crippen LogP contribution is -2.61. The minimum absolute atomic E-state index is 0.162. The molecule has 100 valence electrons. The summed E-state index contributed by atoms with van der Waals surface area (Å²) in [6.45, 7) is 2.63. The summed E-state index contributed by atoms with van der Waals surface area (Å²) in [5, 5.41) is 4.85. The van der Waals surface area contributed by atoms with Crippen LogP contribution < -0.4 is 16.4 Å². The summed E-state index contributed by atoms with van der Waals surface area (Å²) in [7, 11) is 0. The van der Waals surface area contributed by atoms with Crippen molar-refractivity contribution in [1.29, 1.82) is 0 Å². The summed E-state index contributed by atoms with van der Waals surface area (Å²) < 4.78 is 0. The topological polar surface area (TPSA) is 105 Å². The first kappa shape index (κ1) is 12.8. The van der Waals surface area contributed by atoms with Crippen LogP contribution in [0.1, 0.15) is 26.2 Å². The second kappa shape index (κ2) is 4.56. The van der Waals surface area contributed by atoms with Crippen LogP contribution in [0.25, 0.3) is 0 Å². The van der Waals surface area contributed by atoms with E-state index in [4.69, 9.17) is 5.73 Å². The van der Waals surface area contributed by atoms with Crippen LogP contribution in [-0.4, -0.2) is 47.4 Å². The smallest absolute Gasteiger partial charge is 0.322 e. The number of imide groups is 1. The van der Waals surface area contributed by atoms with Gasteiger partial charge in [0.1, 0.15) is 5.54 Å². The predicted molar refractivity (Wildman–Crippen MR) is 63.5 cm³/mol. The third kappa shape index (κ3) is 2.05. The van der Waals surface area contributed by atoms with Gasteiger partial charge < -0.3 is 16.0 Å². The molecular weight excluding hydrogens is 236 g/mol. The Hall–Kier alpha value is -1.63. The van der Waals surface area contributed by atoms with Crippen LogP contribution in [0.15, 0.2) is 0 Å². The van der Waals surface area contributed by atoms with Gasteiger partial charge in [-0.3, -0.25) is 14.9 Å². The monoisotopic (exact) mass is 254 g/mol. The number of carbonyl (C=O) groups excluding carboxylic acids is 3. The summed E-state index contributed by atoms with van der Waals surface area (Å²) in [6, 6.07) is -1.03. The number of nitrogens with two attached hydrogens (primary N) is 1. The van der Waals surface area contributed by atoms with Gasteiger partial charge in [-0.1, -0.05) is 6.92 Å². The van der Waals surface area contributed by atoms with E-state index in [9.17, 15) is 14.4 Å². The summed E-state index contributed by atoms with van der Waals surface area (Å²) in [5.74, 6) is -0.513. The Bertz CT molecular complexity index is 398. The lowest BCUT2D eigenvalue weighted by atomic mass is 9.89. The fraction of sp³-hybridized carbons (Fsp3) is 0.727. The third-order valence-electron chi connectivity index (χ3n) is 3.58. The Labute approximate surface area is 105 Å². The van der Waals surface area contributed by atoms with Crippen LogP contribution in [0, 0.1) is 0 Å². The van der Waals surface area contributed by atoms with Gasteiger partial charge >= 0.3 is 6.03 Å². The van der Waals surface area contributed by atoms with Crippen molar-refractivity contribution in [3.8, 4) is 0 Å². The zero-order valence-corrected chi connectivity index (χ0v) is 10.4. The molecule has 2 saturated heterocycles. The maximum Gasteiger partial charge on any atom is 0.322 e. The summed E-state index contributed by atoms with van der Waals surface area (Å²) in [6.07, 6.45) is 1.78. The molecule has 18 heavy (non-hydrogen) atoms. The fourth-order valence-electron chi connectivity index (χ4n) is 2.47. The first-order chi connectivity index (χ1) is 8.48. The average molecular weight is 254 g/mol. The number of piperidine rings is 1. The Morgan fingerprint density at radius 2 is 2.28 bits per heavy atom. The molecule has 0 radical (unpaired) electrons. The molecule has 2 aliphatic heterocycles. The highest BCUT2D eigenvalue weighted by atomic mass is 16.2. The molecule has 0 bridgehead atoms. The van der Waals surface area contributed by atoms with Crippen molar-refractivity contribution < 1.29 is 14.4 Å². The molecule has 0 aliphatic carbocycles. The third-order valence-corrected chi connectivity index (χ3v) is 3.58. The van der Waals surface area contributed by atoms with Crippen LogP contribution >= 0.6 is 0 Å². The molecule has 2 rings (SSSR count). The highest BCUT2D eigenvalue weighted by molar-refractivity contribution is 6.07. The maximum absolute atomic E-state index is 12.0. The Balaban J connectivity index is 2.12. The number of likely N-dealkylation sites (tertiary alicyclic amines) is 1. The van der Waals surface area contributed by atoms with Crippen molar-refractivity contribution in [1.82, 2.24) is 15.5 Å². The number of hydrogen-bond donors (Lipinski definition) is 3. The second-order valence-corrected chi connectivity index (χ2v) is 4.87. The van der Waals surface area contributed by atoms with Gasteiger partial charge in [-0.15, -0.1) is 0 Å². The molecule has 2 aliphatic rings. The fourth-order valence-corrected chi connectivity index (χ4v) is 2.47. The van der Waals surface area contributed by atoms with Crippen LogP contribution in [0.3, 0.4) is 0 Å². The quantitative estimate of drug-likeness (QED) is 0.545. The van der Waals surface area contributed by atoms with Crippen LogP contribution in [0.5, 0.6) is 0 Å². The molecule has 2 heterocycles. The average Bonchev–Trinajstić information content (AvgIpc) is 2.62. The van der Waals surface area contributed by atoms with Crippen LogP contribution in [0.2, 0.25) is 0 Å². The van der Waals surface area contributed by atoms with E-state index in [0.29, 0.717) is 25.8 Å². The largest absolute Gasteiger partial charge is 0.338 e. The minimum Gasteiger partial charge on any atom is -0.338 e. The van der Waals surface area contributed by atoms with Gasteiger partial charge in [-0.25, -0.2) is 4.79 Å². The normalized spacial score (nSPS) is 29.1.